The van der Waals surface area contributed by atoms with Gasteiger partial charge in [0.05, 0.1) is 12.2 Å². The molecule has 0 atom stereocenters. The van der Waals surface area contributed by atoms with Gasteiger partial charge in [0.25, 0.3) is 0 Å². The van der Waals surface area contributed by atoms with Crippen LogP contribution < -0.4 is 0 Å². The Balaban J connectivity index is 1.58. The van der Waals surface area contributed by atoms with E-state index in [9.17, 15) is 0 Å². The zero-order valence-corrected chi connectivity index (χ0v) is 8.56. The lowest BCUT2D eigenvalue weighted by molar-refractivity contribution is 0.0722. The van der Waals surface area contributed by atoms with Crippen molar-refractivity contribution in [1.29, 1.82) is 0 Å². The van der Waals surface area contributed by atoms with Crippen LogP contribution in [-0.4, -0.2) is 18.9 Å². The molecule has 0 radical (unpaired) electrons. The highest BCUT2D eigenvalue weighted by molar-refractivity contribution is 7.46. The Hall–Kier alpha value is 0.350. The minimum absolute atomic E-state index is 0.529. The normalized spacial score (nSPS) is 25.5. The Morgan fingerprint density at radius 2 is 1.33 bits per heavy atom. The fraction of sp³-hybridized carbons (Fsp3) is 1.00. The molecule has 70 valence electrons. The van der Waals surface area contributed by atoms with Crippen LogP contribution >= 0.6 is 8.38 Å². The fourth-order valence-corrected chi connectivity index (χ4v) is 2.71. The van der Waals surface area contributed by atoms with Crippen molar-refractivity contribution in [2.24, 2.45) is 0 Å². The third-order valence-electron chi connectivity index (χ3n) is 2.70. The molecule has 0 N–H and O–H groups in total. The monoisotopic (exact) mass is 188 g/mol. The number of hydrogen-bond donors (Lipinski definition) is 0. The van der Waals surface area contributed by atoms with Crippen molar-refractivity contribution in [3.05, 3.63) is 0 Å². The summed E-state index contributed by atoms with van der Waals surface area (Å²) in [5, 5.41) is 0. The summed E-state index contributed by atoms with van der Waals surface area (Å²) in [6, 6.07) is 0. The highest BCUT2D eigenvalue weighted by Gasteiger charge is 2.25. The van der Waals surface area contributed by atoms with Gasteiger partial charge >= 0.3 is 0 Å². The molecule has 0 aliphatic heterocycles. The van der Waals surface area contributed by atoms with Gasteiger partial charge in [-0.25, -0.2) is 0 Å². The zero-order chi connectivity index (χ0) is 8.39. The Morgan fingerprint density at radius 3 is 1.58 bits per heavy atom. The van der Waals surface area contributed by atoms with Gasteiger partial charge in [0.2, 0.25) is 0 Å². The summed E-state index contributed by atoms with van der Waals surface area (Å²) in [5.41, 5.74) is 0. The van der Waals surface area contributed by atoms with Gasteiger partial charge in [0.15, 0.2) is 8.38 Å². The quantitative estimate of drug-likeness (QED) is 0.631. The van der Waals surface area contributed by atoms with Crippen LogP contribution in [0.25, 0.3) is 0 Å². The lowest BCUT2D eigenvalue weighted by Gasteiger charge is -2.32. The minimum atomic E-state index is -0.569. The van der Waals surface area contributed by atoms with Gasteiger partial charge in [0, 0.05) is 6.66 Å². The van der Waals surface area contributed by atoms with Crippen LogP contribution in [0.5, 0.6) is 0 Å². The van der Waals surface area contributed by atoms with Crippen LogP contribution in [0.2, 0.25) is 0 Å². The van der Waals surface area contributed by atoms with Crippen LogP contribution in [0.1, 0.15) is 38.5 Å². The van der Waals surface area contributed by atoms with Crippen molar-refractivity contribution >= 4 is 8.38 Å². The summed E-state index contributed by atoms with van der Waals surface area (Å²) in [5.74, 6) is 0. The smallest absolute Gasteiger partial charge is 0.167 e. The lowest BCUT2D eigenvalue weighted by atomic mass is 9.97. The average Bonchev–Trinajstić information content (AvgIpc) is 1.89. The summed E-state index contributed by atoms with van der Waals surface area (Å²) in [6.07, 6.45) is 8.75. The Kier molecular flexibility index (Phi) is 3.00. The standard InChI is InChI=1S/C9H17O2P/c1-12(10-8-4-2-5-8)11-9-6-3-7-9/h8-9H,2-7H2,1H3. The summed E-state index contributed by atoms with van der Waals surface area (Å²) < 4.78 is 11.5. The first-order valence-electron chi connectivity index (χ1n) is 4.92. The van der Waals surface area contributed by atoms with E-state index in [1.165, 1.54) is 38.5 Å². The van der Waals surface area contributed by atoms with Gasteiger partial charge in [-0.15, -0.1) is 0 Å². The third kappa shape index (κ3) is 2.18. The molecule has 2 saturated carbocycles. The van der Waals surface area contributed by atoms with E-state index in [-0.39, 0.29) is 0 Å². The fourth-order valence-electron chi connectivity index (χ4n) is 1.40. The topological polar surface area (TPSA) is 18.5 Å². The Bertz CT molecular complexity index is 127. The molecule has 0 saturated heterocycles. The second-order valence-corrected chi connectivity index (χ2v) is 5.06. The first kappa shape index (κ1) is 8.93. The summed E-state index contributed by atoms with van der Waals surface area (Å²) in [4.78, 5) is 0. The molecule has 2 nitrogen and oxygen atoms in total. The van der Waals surface area contributed by atoms with Crippen LogP contribution in [-0.2, 0) is 9.05 Å². The maximum atomic E-state index is 5.74. The molecule has 0 aromatic rings. The molecule has 12 heavy (non-hydrogen) atoms. The van der Waals surface area contributed by atoms with Crippen molar-refractivity contribution in [2.45, 2.75) is 50.7 Å². The van der Waals surface area contributed by atoms with Gasteiger partial charge in [-0.3, -0.25) is 0 Å². The molecule has 0 bridgehead atoms. The van der Waals surface area contributed by atoms with Gasteiger partial charge < -0.3 is 9.05 Å². The predicted molar refractivity (Wildman–Crippen MR) is 50.3 cm³/mol. The Morgan fingerprint density at radius 1 is 0.917 bits per heavy atom. The molecular weight excluding hydrogens is 171 g/mol. The second kappa shape index (κ2) is 4.04. The van der Waals surface area contributed by atoms with Crippen molar-refractivity contribution < 1.29 is 9.05 Å². The highest BCUT2D eigenvalue weighted by Crippen LogP contribution is 2.44. The molecule has 0 spiro atoms. The molecular formula is C9H17O2P. The van der Waals surface area contributed by atoms with Crippen LogP contribution in [0.15, 0.2) is 0 Å². The molecule has 2 aliphatic rings. The van der Waals surface area contributed by atoms with E-state index in [1.54, 1.807) is 0 Å². The zero-order valence-electron chi connectivity index (χ0n) is 7.66. The van der Waals surface area contributed by atoms with Crippen LogP contribution in [0.4, 0.5) is 0 Å². The minimum Gasteiger partial charge on any atom is -0.331 e. The van der Waals surface area contributed by atoms with Crippen molar-refractivity contribution in [3.63, 3.8) is 0 Å². The predicted octanol–water partition coefficient (Wildman–Crippen LogP) is 3.07. The van der Waals surface area contributed by atoms with Crippen molar-refractivity contribution in [1.82, 2.24) is 0 Å². The van der Waals surface area contributed by atoms with Gasteiger partial charge in [-0.05, 0) is 38.5 Å². The molecule has 0 heterocycles. The van der Waals surface area contributed by atoms with E-state index in [0.717, 1.165) is 0 Å². The molecule has 0 aromatic carbocycles. The second-order valence-electron chi connectivity index (χ2n) is 3.76. The highest BCUT2D eigenvalue weighted by atomic mass is 31.2. The number of rotatable bonds is 4. The molecule has 0 amide bonds. The van der Waals surface area contributed by atoms with E-state index in [1.807, 2.05) is 0 Å². The molecule has 2 rings (SSSR count). The SMILES string of the molecule is CP(OC1CCC1)OC1CCC1. The van der Waals surface area contributed by atoms with E-state index >= 15 is 0 Å². The average molecular weight is 188 g/mol. The van der Waals surface area contributed by atoms with E-state index < -0.39 is 8.38 Å². The molecule has 0 aromatic heterocycles. The maximum absolute atomic E-state index is 5.74. The first-order chi connectivity index (χ1) is 5.84. The van der Waals surface area contributed by atoms with Gasteiger partial charge in [-0.1, -0.05) is 0 Å². The molecule has 0 unspecified atom stereocenters. The number of hydrogen-bond acceptors (Lipinski definition) is 2. The Labute approximate surface area is 75.5 Å². The molecule has 2 aliphatic carbocycles. The van der Waals surface area contributed by atoms with Gasteiger partial charge in [-0.2, -0.15) is 0 Å². The molecule has 2 fully saturated rings. The van der Waals surface area contributed by atoms with Crippen LogP contribution in [0, 0.1) is 0 Å². The largest absolute Gasteiger partial charge is 0.331 e. The van der Waals surface area contributed by atoms with E-state index in [2.05, 4.69) is 6.66 Å². The maximum Gasteiger partial charge on any atom is 0.167 e. The van der Waals surface area contributed by atoms with E-state index in [0.29, 0.717) is 12.2 Å². The van der Waals surface area contributed by atoms with Crippen molar-refractivity contribution in [2.75, 3.05) is 6.66 Å². The summed E-state index contributed by atoms with van der Waals surface area (Å²) in [7, 11) is -0.569. The van der Waals surface area contributed by atoms with Crippen molar-refractivity contribution in [3.8, 4) is 0 Å². The molecule has 3 heteroatoms. The first-order valence-corrected chi connectivity index (χ1v) is 6.54. The third-order valence-corrected chi connectivity index (χ3v) is 3.89. The summed E-state index contributed by atoms with van der Waals surface area (Å²) in [6.45, 7) is 2.09. The lowest BCUT2D eigenvalue weighted by Crippen LogP contribution is -2.23. The van der Waals surface area contributed by atoms with Crippen LogP contribution in [0.3, 0.4) is 0 Å². The summed E-state index contributed by atoms with van der Waals surface area (Å²) >= 11 is 0. The van der Waals surface area contributed by atoms with Gasteiger partial charge in [0.1, 0.15) is 0 Å². The van der Waals surface area contributed by atoms with E-state index in [4.69, 9.17) is 9.05 Å².